The first-order valence-electron chi connectivity index (χ1n) is 5.96. The Balaban J connectivity index is 1.88. The summed E-state index contributed by atoms with van der Waals surface area (Å²) in [7, 11) is 0. The molecule has 1 amide bonds. The molecule has 0 saturated carbocycles. The summed E-state index contributed by atoms with van der Waals surface area (Å²) in [6.07, 6.45) is 2.09. The van der Waals surface area contributed by atoms with Gasteiger partial charge >= 0.3 is 0 Å². The van der Waals surface area contributed by atoms with Crippen LogP contribution in [0.4, 0.5) is 0 Å². The van der Waals surface area contributed by atoms with Crippen LogP contribution in [0.3, 0.4) is 0 Å². The molecule has 2 aliphatic heterocycles. The molecule has 0 bridgehead atoms. The summed E-state index contributed by atoms with van der Waals surface area (Å²) in [5.74, 6) is 0.218. The average molecular weight is 216 g/mol. The van der Waals surface area contributed by atoms with E-state index in [4.69, 9.17) is 0 Å². The molecule has 0 aromatic heterocycles. The molecule has 1 aromatic carbocycles. The van der Waals surface area contributed by atoms with Crippen LogP contribution in [0.1, 0.15) is 22.3 Å². The van der Waals surface area contributed by atoms with Gasteiger partial charge in [-0.3, -0.25) is 4.79 Å². The molecule has 0 aliphatic carbocycles. The van der Waals surface area contributed by atoms with E-state index in [0.29, 0.717) is 6.04 Å². The van der Waals surface area contributed by atoms with Gasteiger partial charge in [-0.15, -0.1) is 0 Å². The number of nitrogens with one attached hydrogen (secondary N) is 1. The fourth-order valence-corrected chi connectivity index (χ4v) is 2.70. The molecule has 1 fully saturated rings. The second kappa shape index (κ2) is 3.91. The zero-order valence-electron chi connectivity index (χ0n) is 9.28. The third-order valence-corrected chi connectivity index (χ3v) is 3.61. The van der Waals surface area contributed by atoms with Crippen LogP contribution in [-0.2, 0) is 6.42 Å². The van der Waals surface area contributed by atoms with E-state index in [1.165, 1.54) is 5.56 Å². The largest absolute Gasteiger partial charge is 0.334 e. The minimum atomic E-state index is 0.218. The molecule has 1 atom stereocenters. The Morgan fingerprint density at radius 1 is 1.31 bits per heavy atom. The van der Waals surface area contributed by atoms with Crippen molar-refractivity contribution in [3.05, 3.63) is 35.4 Å². The molecular weight excluding hydrogens is 200 g/mol. The molecular formula is C13H16N2O. The highest BCUT2D eigenvalue weighted by atomic mass is 16.2. The zero-order valence-corrected chi connectivity index (χ0v) is 9.28. The number of hydrogen-bond acceptors (Lipinski definition) is 2. The number of rotatable bonds is 1. The number of hydrogen-bond donors (Lipinski definition) is 1. The monoisotopic (exact) mass is 216 g/mol. The second-order valence-corrected chi connectivity index (χ2v) is 4.55. The van der Waals surface area contributed by atoms with Gasteiger partial charge in [-0.25, -0.2) is 0 Å². The quantitative estimate of drug-likeness (QED) is 0.761. The summed E-state index contributed by atoms with van der Waals surface area (Å²) in [4.78, 5) is 14.3. The number of nitrogens with zero attached hydrogens (tertiary/aromatic N) is 1. The van der Waals surface area contributed by atoms with Crippen molar-refractivity contribution >= 4 is 5.91 Å². The summed E-state index contributed by atoms with van der Waals surface area (Å²) >= 11 is 0. The van der Waals surface area contributed by atoms with Gasteiger partial charge in [0.15, 0.2) is 0 Å². The van der Waals surface area contributed by atoms with Gasteiger partial charge < -0.3 is 10.2 Å². The summed E-state index contributed by atoms with van der Waals surface area (Å²) in [5.41, 5.74) is 2.11. The standard InChI is InChI=1S/C13H16N2O/c16-13-12-4-2-1-3-10(12)6-8-15(13)11-5-7-14-9-11/h1-4,11,14H,5-9H2. The molecule has 84 valence electrons. The van der Waals surface area contributed by atoms with Gasteiger partial charge in [-0.05, 0) is 31.0 Å². The van der Waals surface area contributed by atoms with Gasteiger partial charge in [-0.2, -0.15) is 0 Å². The van der Waals surface area contributed by atoms with Crippen molar-refractivity contribution in [2.75, 3.05) is 19.6 Å². The summed E-state index contributed by atoms with van der Waals surface area (Å²) < 4.78 is 0. The Kier molecular flexibility index (Phi) is 2.40. The van der Waals surface area contributed by atoms with Gasteiger partial charge in [0.05, 0.1) is 0 Å². The Morgan fingerprint density at radius 2 is 2.19 bits per heavy atom. The third-order valence-electron chi connectivity index (χ3n) is 3.61. The van der Waals surface area contributed by atoms with E-state index in [-0.39, 0.29) is 5.91 Å². The molecule has 2 heterocycles. The van der Waals surface area contributed by atoms with Crippen LogP contribution >= 0.6 is 0 Å². The Morgan fingerprint density at radius 3 is 3.00 bits per heavy atom. The molecule has 16 heavy (non-hydrogen) atoms. The Hall–Kier alpha value is -1.35. The molecule has 3 rings (SSSR count). The average Bonchev–Trinajstić information content (AvgIpc) is 2.83. The van der Waals surface area contributed by atoms with Gasteiger partial charge in [0.25, 0.3) is 5.91 Å². The fraction of sp³-hybridized carbons (Fsp3) is 0.462. The molecule has 3 nitrogen and oxygen atoms in total. The van der Waals surface area contributed by atoms with E-state index >= 15 is 0 Å². The van der Waals surface area contributed by atoms with Crippen molar-refractivity contribution in [2.24, 2.45) is 0 Å². The summed E-state index contributed by atoms with van der Waals surface area (Å²) in [6, 6.07) is 8.39. The van der Waals surface area contributed by atoms with Gasteiger partial charge in [-0.1, -0.05) is 18.2 Å². The van der Waals surface area contributed by atoms with Crippen molar-refractivity contribution in [3.8, 4) is 0 Å². The van der Waals surface area contributed by atoms with E-state index in [1.807, 2.05) is 23.1 Å². The second-order valence-electron chi connectivity index (χ2n) is 4.55. The predicted octanol–water partition coefficient (Wildman–Crippen LogP) is 1.05. The fourth-order valence-electron chi connectivity index (χ4n) is 2.70. The molecule has 3 heteroatoms. The van der Waals surface area contributed by atoms with E-state index < -0.39 is 0 Å². The normalized spacial score (nSPS) is 24.6. The molecule has 1 aromatic rings. The highest BCUT2D eigenvalue weighted by Gasteiger charge is 2.30. The topological polar surface area (TPSA) is 32.3 Å². The van der Waals surface area contributed by atoms with E-state index in [0.717, 1.165) is 38.0 Å². The Labute approximate surface area is 95.4 Å². The maximum absolute atomic E-state index is 12.3. The lowest BCUT2D eigenvalue weighted by molar-refractivity contribution is 0.0674. The van der Waals surface area contributed by atoms with E-state index in [9.17, 15) is 4.79 Å². The SMILES string of the molecule is O=C1c2ccccc2CCN1C1CCNC1. The van der Waals surface area contributed by atoms with Crippen molar-refractivity contribution in [2.45, 2.75) is 18.9 Å². The lowest BCUT2D eigenvalue weighted by Gasteiger charge is -2.33. The minimum Gasteiger partial charge on any atom is -0.334 e. The first kappa shape index (κ1) is 9.85. The number of carbonyl (C=O) groups is 1. The molecule has 0 spiro atoms. The first-order chi connectivity index (χ1) is 7.86. The van der Waals surface area contributed by atoms with Gasteiger partial charge in [0, 0.05) is 24.7 Å². The smallest absolute Gasteiger partial charge is 0.254 e. The zero-order chi connectivity index (χ0) is 11.0. The van der Waals surface area contributed by atoms with Crippen LogP contribution in [0.5, 0.6) is 0 Å². The van der Waals surface area contributed by atoms with Crippen LogP contribution in [0.15, 0.2) is 24.3 Å². The molecule has 1 N–H and O–H groups in total. The number of carbonyl (C=O) groups excluding carboxylic acids is 1. The van der Waals surface area contributed by atoms with Crippen LogP contribution in [0, 0.1) is 0 Å². The third kappa shape index (κ3) is 1.52. The minimum absolute atomic E-state index is 0.218. The van der Waals surface area contributed by atoms with Crippen LogP contribution < -0.4 is 5.32 Å². The predicted molar refractivity (Wildman–Crippen MR) is 62.5 cm³/mol. The first-order valence-corrected chi connectivity index (χ1v) is 5.96. The van der Waals surface area contributed by atoms with Gasteiger partial charge in [0.1, 0.15) is 0 Å². The Bertz CT molecular complexity index is 410. The number of fused-ring (bicyclic) bond motifs is 1. The highest BCUT2D eigenvalue weighted by molar-refractivity contribution is 5.97. The van der Waals surface area contributed by atoms with Crippen LogP contribution in [0.25, 0.3) is 0 Å². The maximum atomic E-state index is 12.3. The van der Waals surface area contributed by atoms with Crippen molar-refractivity contribution < 1.29 is 4.79 Å². The van der Waals surface area contributed by atoms with E-state index in [2.05, 4.69) is 11.4 Å². The van der Waals surface area contributed by atoms with Crippen LogP contribution in [-0.4, -0.2) is 36.5 Å². The van der Waals surface area contributed by atoms with Crippen molar-refractivity contribution in [3.63, 3.8) is 0 Å². The lowest BCUT2D eigenvalue weighted by Crippen LogP contribution is -2.45. The van der Waals surface area contributed by atoms with E-state index in [1.54, 1.807) is 0 Å². The number of amides is 1. The summed E-state index contributed by atoms with van der Waals surface area (Å²) in [6.45, 7) is 2.87. The molecule has 1 saturated heterocycles. The van der Waals surface area contributed by atoms with Crippen LogP contribution in [0.2, 0.25) is 0 Å². The van der Waals surface area contributed by atoms with Crippen molar-refractivity contribution in [1.82, 2.24) is 10.2 Å². The molecule has 0 radical (unpaired) electrons. The molecule has 1 unspecified atom stereocenters. The highest BCUT2D eigenvalue weighted by Crippen LogP contribution is 2.22. The lowest BCUT2D eigenvalue weighted by atomic mass is 9.97. The van der Waals surface area contributed by atoms with Gasteiger partial charge in [0.2, 0.25) is 0 Å². The molecule has 2 aliphatic rings. The maximum Gasteiger partial charge on any atom is 0.254 e. The van der Waals surface area contributed by atoms with Crippen molar-refractivity contribution in [1.29, 1.82) is 0 Å². The summed E-state index contributed by atoms with van der Waals surface area (Å²) in [5, 5.41) is 3.32. The number of benzene rings is 1.